The topological polar surface area (TPSA) is 277 Å². The van der Waals surface area contributed by atoms with Gasteiger partial charge in [-0.3, -0.25) is 24.0 Å². The molecule has 5 heterocycles. The van der Waals surface area contributed by atoms with E-state index >= 15 is 4.79 Å². The van der Waals surface area contributed by atoms with Gasteiger partial charge in [-0.05, 0) is 124 Å². The van der Waals surface area contributed by atoms with Gasteiger partial charge in [0, 0.05) is 88.1 Å². The molecule has 2 aliphatic heterocycles. The third kappa shape index (κ3) is 17.1. The number of hydrogen-bond donors (Lipinski definition) is 4. The summed E-state index contributed by atoms with van der Waals surface area (Å²) in [5, 5.41) is 39.4. The Bertz CT molecular complexity index is 3200. The summed E-state index contributed by atoms with van der Waals surface area (Å²) < 4.78 is 30.7. The van der Waals surface area contributed by atoms with E-state index in [1.54, 1.807) is 157 Å². The van der Waals surface area contributed by atoms with Gasteiger partial charge in [-0.2, -0.15) is 0 Å². The van der Waals surface area contributed by atoms with Crippen LogP contribution in [0.15, 0.2) is 160 Å². The van der Waals surface area contributed by atoms with Crippen molar-refractivity contribution in [2.45, 2.75) is 150 Å². The number of esters is 3. The predicted octanol–water partition coefficient (Wildman–Crippen LogP) is 10.8. The van der Waals surface area contributed by atoms with E-state index in [1.807, 2.05) is 54.6 Å². The van der Waals surface area contributed by atoms with Crippen molar-refractivity contribution in [1.29, 1.82) is 0 Å². The van der Waals surface area contributed by atoms with E-state index in [-0.39, 0.29) is 37.2 Å². The van der Waals surface area contributed by atoms with Gasteiger partial charge >= 0.3 is 23.9 Å². The van der Waals surface area contributed by atoms with Crippen molar-refractivity contribution in [2.75, 3.05) is 25.2 Å². The van der Waals surface area contributed by atoms with Gasteiger partial charge in [0.2, 0.25) is 5.91 Å². The average molecular weight is 1310 g/mol. The summed E-state index contributed by atoms with van der Waals surface area (Å²) in [7, 11) is 7.93. The van der Waals surface area contributed by atoms with Crippen molar-refractivity contribution >= 4 is 95.6 Å². The second-order valence-electron chi connectivity index (χ2n) is 22.6. The van der Waals surface area contributed by atoms with E-state index < -0.39 is 100 Å². The first-order chi connectivity index (χ1) is 42.5. The molecule has 2 aromatic carbocycles. The predicted molar refractivity (Wildman–Crippen MR) is 342 cm³/mol. The number of benzene rings is 2. The molecule has 0 unspecified atom stereocenters. The summed E-state index contributed by atoms with van der Waals surface area (Å²) in [6.45, 7) is 11.0. The fourth-order valence-corrected chi connectivity index (χ4v) is 16.8. The molecule has 89 heavy (non-hydrogen) atoms. The van der Waals surface area contributed by atoms with Gasteiger partial charge in [0.05, 0.1) is 35.6 Å². The normalized spacial score (nSPS) is 26.0. The second kappa shape index (κ2) is 32.3. The number of aromatic nitrogens is 3. The summed E-state index contributed by atoms with van der Waals surface area (Å²) >= 11 is 1.46. The van der Waals surface area contributed by atoms with Gasteiger partial charge < -0.3 is 44.3 Å². The van der Waals surface area contributed by atoms with Crippen LogP contribution in [0.4, 0.5) is 0 Å². The fraction of sp³-hybridized carbons (Fsp3) is 0.446. The number of rotatable bonds is 18. The lowest BCUT2D eigenvalue weighted by molar-refractivity contribution is -0.346. The van der Waals surface area contributed by atoms with Crippen molar-refractivity contribution < 1.29 is 72.6 Å². The van der Waals surface area contributed by atoms with Crippen molar-refractivity contribution in [1.82, 2.24) is 20.3 Å². The van der Waals surface area contributed by atoms with E-state index in [2.05, 4.69) is 20.3 Å². The number of aliphatic hydroxyl groups excluding tert-OH is 1. The Morgan fingerprint density at radius 3 is 1.85 bits per heavy atom. The highest BCUT2D eigenvalue weighted by atomic mass is 33.1. The first-order valence-electron chi connectivity index (χ1n) is 29.0. The molecular weight excluding hydrogens is 1240 g/mol. The maximum absolute atomic E-state index is 15.3. The SMILES string of the molecule is CO[C@H]1C[C@H]2OC[C@@]2(OC(C)=O)[C@H]2[C@H](OC(=O)c3ccccc3)[C@]3(O)C[C@H](OC(=O)[C@H](O)[C@@H](NC(C)=O)c4ccccc4)C(C)=C([C@@H](C)C(=O)[C@]12C)C3(C)C.O=C(O)CCCSSc1ccccn1.O=C1CCCS1.c1ccc(SSc2ccccn2)nc1. The highest BCUT2D eigenvalue weighted by molar-refractivity contribution is 8.77. The number of ketones is 1. The largest absolute Gasteiger partial charge is 0.481 e. The lowest BCUT2D eigenvalue weighted by Gasteiger charge is -2.68. The Balaban J connectivity index is 0.000000264. The third-order valence-corrected chi connectivity index (χ3v) is 22.0. The summed E-state index contributed by atoms with van der Waals surface area (Å²) in [5.41, 5.74) is -4.89. The Morgan fingerprint density at radius 1 is 0.809 bits per heavy atom. The monoisotopic (exact) mass is 1310 g/mol. The Hall–Kier alpha value is -6.09. The maximum atomic E-state index is 15.3. The number of carboxylic acids is 1. The lowest BCUT2D eigenvalue weighted by atomic mass is 9.43. The van der Waals surface area contributed by atoms with Crippen LogP contribution in [0.25, 0.3) is 0 Å². The molecule has 5 aliphatic rings. The smallest absolute Gasteiger partial charge is 0.338 e. The van der Waals surface area contributed by atoms with Crippen molar-refractivity contribution in [3.05, 3.63) is 156 Å². The van der Waals surface area contributed by atoms with E-state index in [9.17, 15) is 39.0 Å². The highest BCUT2D eigenvalue weighted by Crippen LogP contribution is 2.65. The highest BCUT2D eigenvalue weighted by Gasteiger charge is 2.78. The second-order valence-corrected chi connectivity index (χ2v) is 28.3. The number of amides is 1. The number of thioether (sulfide) groups is 1. The Morgan fingerprint density at radius 2 is 1.38 bits per heavy atom. The molecule has 4 N–H and O–H groups in total. The van der Waals surface area contributed by atoms with Gasteiger partial charge in [-0.1, -0.05) is 110 Å². The molecule has 3 aliphatic carbocycles. The summed E-state index contributed by atoms with van der Waals surface area (Å²) in [4.78, 5) is 102. The van der Waals surface area contributed by atoms with E-state index in [0.29, 0.717) is 28.2 Å². The standard InChI is InChI=1S/C42H51NO12.C10H8N2S2.C9H11NO2S2.C4H6OS/c1-22-28(53-38(49)33(46)32(43-24(3)44)26-15-11-9-12-16-26)20-42(50)36(54-37(48)27-17-13-10-14-18-27)34-40(7,35(47)23(2)31(22)39(42,5)6)29(51-8)19-30-41(34,21-52-30)55-25(4)45;1-3-7-11-9(5-1)13-14-10-6-2-4-8-12-10;11-9(12)5-3-7-13-14-8-4-1-2-6-10-8;5-4-2-1-3-6-4/h9-18,23,28-30,32-34,36,46,50H,19-21H2,1-8H3,(H,43,44);1-8H;1-2,4,6H,3,5,7H2,(H,11,12);1-3H2/t23-,28+,29+,30-,32+,33-,34+,36+,40-,41+,42-;;;/m1.../s1. The van der Waals surface area contributed by atoms with Crippen LogP contribution in [-0.2, 0) is 52.5 Å². The number of nitrogens with zero attached hydrogens (tertiary/aromatic N) is 3. The van der Waals surface area contributed by atoms with Crippen LogP contribution in [0.3, 0.4) is 0 Å². The fourth-order valence-electron chi connectivity index (χ4n) is 12.3. The zero-order valence-electron chi connectivity index (χ0n) is 50.8. The van der Waals surface area contributed by atoms with Crippen LogP contribution >= 0.6 is 54.9 Å². The molecule has 2 saturated heterocycles. The van der Waals surface area contributed by atoms with E-state index in [4.69, 9.17) is 28.8 Å². The van der Waals surface area contributed by atoms with Gasteiger partial charge in [0.1, 0.15) is 44.8 Å². The number of carbonyl (C=O) groups is 7. The minimum Gasteiger partial charge on any atom is -0.481 e. The Kier molecular flexibility index (Phi) is 25.5. The van der Waals surface area contributed by atoms with Crippen LogP contribution in [0, 0.1) is 22.7 Å². The number of Topliss-reactive ketones (excluding diaryl/α,β-unsaturated/α-hetero) is 1. The van der Waals surface area contributed by atoms with Crippen molar-refractivity contribution in [2.24, 2.45) is 22.7 Å². The minimum atomic E-state index is -2.11. The number of fused-ring (bicyclic) bond motifs is 5. The summed E-state index contributed by atoms with van der Waals surface area (Å²) in [6.07, 6.45) is 1.79. The molecule has 10 rings (SSSR count). The molecule has 0 spiro atoms. The summed E-state index contributed by atoms with van der Waals surface area (Å²) in [6, 6.07) is 33.0. The van der Waals surface area contributed by atoms with Gasteiger partial charge in [-0.25, -0.2) is 24.5 Å². The van der Waals surface area contributed by atoms with Gasteiger partial charge in [0.25, 0.3) is 0 Å². The van der Waals surface area contributed by atoms with Gasteiger partial charge in [0.15, 0.2) is 16.8 Å². The number of aliphatic carboxylic acids is 1. The molecule has 11 atom stereocenters. The molecular formula is C65H76N4O15S5. The first kappa shape index (κ1) is 70.4. The third-order valence-electron chi connectivity index (χ3n) is 16.5. The number of pyridine rings is 3. The molecule has 4 fully saturated rings. The number of nitrogens with one attached hydrogen (secondary N) is 1. The van der Waals surface area contributed by atoms with E-state index in [1.165, 1.54) is 32.7 Å². The molecule has 24 heteroatoms. The van der Waals surface area contributed by atoms with Crippen LogP contribution in [0.2, 0.25) is 0 Å². The van der Waals surface area contributed by atoms with E-state index in [0.717, 1.165) is 39.4 Å². The van der Waals surface area contributed by atoms with Crippen molar-refractivity contribution in [3.8, 4) is 0 Å². The molecule has 2 saturated carbocycles. The van der Waals surface area contributed by atoms with Gasteiger partial charge in [-0.15, -0.1) is 0 Å². The number of ether oxygens (including phenoxy) is 5. The minimum absolute atomic E-state index is 0.137. The first-order valence-corrected chi connectivity index (χ1v) is 34.5. The molecule has 476 valence electrons. The molecule has 19 nitrogen and oxygen atoms in total. The zero-order valence-corrected chi connectivity index (χ0v) is 54.9. The quantitative estimate of drug-likeness (QED) is 0.0209. The summed E-state index contributed by atoms with van der Waals surface area (Å²) in [5.74, 6) is -4.30. The number of carbonyl (C=O) groups excluding carboxylic acids is 6. The molecule has 0 radical (unpaired) electrons. The lowest BCUT2D eigenvalue weighted by Crippen LogP contribution is -2.81. The maximum Gasteiger partial charge on any atom is 0.338 e. The van der Waals surface area contributed by atoms with Crippen molar-refractivity contribution in [3.63, 3.8) is 0 Å². The molecule has 3 aromatic heterocycles. The zero-order chi connectivity index (χ0) is 64.5. The average Bonchev–Trinajstić information content (AvgIpc) is 0.810. The van der Waals surface area contributed by atoms with Crippen LogP contribution in [0.5, 0.6) is 0 Å². The number of aliphatic hydroxyl groups is 2. The number of methoxy groups -OCH3 is 1. The molecule has 1 amide bonds. The number of carboxylic acid groups (broad SMARTS) is 1. The number of hydrogen-bond acceptors (Lipinski definition) is 22. The van der Waals surface area contributed by atoms with Crippen LogP contribution in [0.1, 0.15) is 109 Å². The molecule has 2 bridgehead atoms. The van der Waals surface area contributed by atoms with Crippen LogP contribution < -0.4 is 5.32 Å². The molecule has 5 aromatic rings. The Labute approximate surface area is 539 Å². The van der Waals surface area contributed by atoms with Crippen LogP contribution in [-0.4, -0.2) is 138 Å².